The maximum atomic E-state index is 14.4. The Morgan fingerprint density at radius 3 is 2.34 bits per heavy atom. The average molecular weight is 640 g/mol. The second-order valence-corrected chi connectivity index (χ2v) is 13.6. The van der Waals surface area contributed by atoms with E-state index in [4.69, 9.17) is 21.1 Å². The summed E-state index contributed by atoms with van der Waals surface area (Å²) in [5, 5.41) is 3.62. The number of anilines is 1. The molecule has 1 fully saturated rings. The zero-order valence-corrected chi connectivity index (χ0v) is 26.4. The lowest BCUT2D eigenvalue weighted by atomic mass is 10.0. The monoisotopic (exact) mass is 639 g/mol. The van der Waals surface area contributed by atoms with Crippen LogP contribution in [-0.4, -0.2) is 62.7 Å². The third kappa shape index (κ3) is 7.65. The van der Waals surface area contributed by atoms with E-state index in [1.54, 1.807) is 36.4 Å². The Balaban J connectivity index is 1.53. The Morgan fingerprint density at radius 2 is 1.64 bits per heavy atom. The number of amides is 2. The number of carbonyl (C=O) groups is 2. The van der Waals surface area contributed by atoms with E-state index in [2.05, 4.69) is 5.32 Å². The van der Waals surface area contributed by atoms with Crippen LogP contribution in [0.5, 0.6) is 11.5 Å². The maximum absolute atomic E-state index is 14.4. The molecule has 2 amide bonds. The first kappa shape index (κ1) is 31.7. The van der Waals surface area contributed by atoms with Gasteiger partial charge in [0, 0.05) is 30.1 Å². The summed E-state index contributed by atoms with van der Waals surface area (Å²) in [5.74, 6) is -0.116. The first-order chi connectivity index (χ1) is 21.2. The lowest BCUT2D eigenvalue weighted by Crippen LogP contribution is -2.54. The van der Waals surface area contributed by atoms with Crippen molar-refractivity contribution in [2.45, 2.75) is 57.7 Å². The number of halogens is 1. The number of rotatable bonds is 12. The van der Waals surface area contributed by atoms with E-state index in [-0.39, 0.29) is 36.4 Å². The summed E-state index contributed by atoms with van der Waals surface area (Å²) < 4.78 is 39.3. The van der Waals surface area contributed by atoms with E-state index in [1.807, 2.05) is 36.4 Å². The summed E-state index contributed by atoms with van der Waals surface area (Å²) in [7, 11) is -3.91. The molecule has 9 nitrogen and oxygen atoms in total. The van der Waals surface area contributed by atoms with Crippen LogP contribution in [0.3, 0.4) is 0 Å². The SMILES string of the molecule is CCS(=O)(=O)N(CC(=O)N(Cc1ccccc1Cl)[C@H](Cc1ccccc1)C(=O)NC1CCCC1)c1ccc2c(c1)OCCO2. The number of benzene rings is 3. The number of ether oxygens (including phenoxy) is 2. The second-order valence-electron chi connectivity index (χ2n) is 11.0. The minimum Gasteiger partial charge on any atom is -0.486 e. The summed E-state index contributed by atoms with van der Waals surface area (Å²) in [4.78, 5) is 29.9. The first-order valence-electron chi connectivity index (χ1n) is 15.0. The van der Waals surface area contributed by atoms with Crippen molar-refractivity contribution in [3.05, 3.63) is 88.9 Å². The number of hydrogen-bond donors (Lipinski definition) is 1. The van der Waals surface area contributed by atoms with Gasteiger partial charge < -0.3 is 19.7 Å². The van der Waals surface area contributed by atoms with Crippen LogP contribution in [0, 0.1) is 0 Å². The van der Waals surface area contributed by atoms with Gasteiger partial charge in [-0.25, -0.2) is 8.42 Å². The van der Waals surface area contributed by atoms with Crippen molar-refractivity contribution in [3.63, 3.8) is 0 Å². The van der Waals surface area contributed by atoms with Gasteiger partial charge >= 0.3 is 0 Å². The average Bonchev–Trinajstić information content (AvgIpc) is 3.55. The fraction of sp³-hybridized carbons (Fsp3) is 0.394. The number of hydrogen-bond acceptors (Lipinski definition) is 6. The lowest BCUT2D eigenvalue weighted by molar-refractivity contribution is -0.140. The van der Waals surface area contributed by atoms with Crippen molar-refractivity contribution in [2.75, 3.05) is 29.8 Å². The lowest BCUT2D eigenvalue weighted by Gasteiger charge is -2.34. The maximum Gasteiger partial charge on any atom is 0.244 e. The largest absolute Gasteiger partial charge is 0.486 e. The van der Waals surface area contributed by atoms with E-state index >= 15 is 0 Å². The van der Waals surface area contributed by atoms with Gasteiger partial charge in [0.05, 0.1) is 11.4 Å². The van der Waals surface area contributed by atoms with Crippen molar-refractivity contribution in [1.29, 1.82) is 0 Å². The van der Waals surface area contributed by atoms with Crippen LogP contribution in [0.4, 0.5) is 5.69 Å². The zero-order chi connectivity index (χ0) is 31.1. The Labute approximate surface area is 264 Å². The molecule has 0 unspecified atom stereocenters. The predicted octanol–water partition coefficient (Wildman–Crippen LogP) is 4.97. The van der Waals surface area contributed by atoms with Gasteiger partial charge in [-0.05, 0) is 49.1 Å². The molecule has 1 atom stereocenters. The molecule has 0 bridgehead atoms. The van der Waals surface area contributed by atoms with Crippen LogP contribution >= 0.6 is 11.6 Å². The van der Waals surface area contributed by atoms with Gasteiger partial charge in [-0.3, -0.25) is 13.9 Å². The van der Waals surface area contributed by atoms with Crippen LogP contribution < -0.4 is 19.1 Å². The third-order valence-corrected chi connectivity index (χ3v) is 10.2. The van der Waals surface area contributed by atoms with Crippen molar-refractivity contribution >= 4 is 39.1 Å². The quantitative estimate of drug-likeness (QED) is 0.300. The van der Waals surface area contributed by atoms with Gasteiger partial charge in [-0.2, -0.15) is 0 Å². The van der Waals surface area contributed by atoms with Crippen molar-refractivity contribution in [3.8, 4) is 11.5 Å². The molecule has 234 valence electrons. The number of fused-ring (bicyclic) bond motifs is 1. The van der Waals surface area contributed by atoms with Crippen molar-refractivity contribution in [2.24, 2.45) is 0 Å². The van der Waals surface area contributed by atoms with Crippen molar-refractivity contribution < 1.29 is 27.5 Å². The highest BCUT2D eigenvalue weighted by Crippen LogP contribution is 2.35. The summed E-state index contributed by atoms with van der Waals surface area (Å²) in [6.45, 7) is 1.76. The van der Waals surface area contributed by atoms with E-state index in [9.17, 15) is 18.0 Å². The van der Waals surface area contributed by atoms with Gasteiger partial charge in [0.1, 0.15) is 25.8 Å². The topological polar surface area (TPSA) is 105 Å². The first-order valence-corrected chi connectivity index (χ1v) is 17.0. The van der Waals surface area contributed by atoms with Crippen LogP contribution in [0.15, 0.2) is 72.8 Å². The highest BCUT2D eigenvalue weighted by Gasteiger charge is 2.35. The molecule has 1 aliphatic heterocycles. The molecule has 5 rings (SSSR count). The fourth-order valence-electron chi connectivity index (χ4n) is 5.64. The van der Waals surface area contributed by atoms with Gasteiger partial charge in [0.2, 0.25) is 21.8 Å². The number of carbonyl (C=O) groups excluding carboxylic acids is 2. The smallest absolute Gasteiger partial charge is 0.244 e. The molecule has 0 radical (unpaired) electrons. The molecule has 1 heterocycles. The highest BCUT2D eigenvalue weighted by molar-refractivity contribution is 7.92. The van der Waals surface area contributed by atoms with E-state index < -0.39 is 28.5 Å². The molecule has 44 heavy (non-hydrogen) atoms. The second kappa shape index (κ2) is 14.3. The molecular weight excluding hydrogens is 602 g/mol. The third-order valence-electron chi connectivity index (χ3n) is 8.06. The van der Waals surface area contributed by atoms with Gasteiger partial charge in [0.25, 0.3) is 0 Å². The molecule has 0 aromatic heterocycles. The summed E-state index contributed by atoms with van der Waals surface area (Å²) in [6, 6.07) is 20.6. The van der Waals surface area contributed by atoms with Gasteiger partial charge in [0.15, 0.2) is 11.5 Å². The van der Waals surface area contributed by atoms with E-state index in [1.165, 1.54) is 11.8 Å². The van der Waals surface area contributed by atoms with E-state index in [0.29, 0.717) is 35.3 Å². The molecule has 11 heteroatoms. The minimum absolute atomic E-state index is 0.0231. The fourth-order valence-corrected chi connectivity index (χ4v) is 6.89. The number of nitrogens with zero attached hydrogens (tertiary/aromatic N) is 2. The number of sulfonamides is 1. The minimum atomic E-state index is -3.91. The molecule has 3 aromatic carbocycles. The van der Waals surface area contributed by atoms with Crippen LogP contribution in [0.25, 0.3) is 0 Å². The Bertz CT molecular complexity index is 1560. The van der Waals surface area contributed by atoms with Gasteiger partial charge in [-0.15, -0.1) is 0 Å². The predicted molar refractivity (Wildman–Crippen MR) is 171 cm³/mol. The van der Waals surface area contributed by atoms with Gasteiger partial charge in [-0.1, -0.05) is 73.0 Å². The molecule has 3 aromatic rings. The molecule has 0 spiro atoms. The van der Waals surface area contributed by atoms with Crippen LogP contribution in [0.1, 0.15) is 43.7 Å². The Kier molecular flexibility index (Phi) is 10.3. The highest BCUT2D eigenvalue weighted by atomic mass is 35.5. The molecule has 1 aliphatic carbocycles. The van der Waals surface area contributed by atoms with Crippen LogP contribution in [0.2, 0.25) is 5.02 Å². The summed E-state index contributed by atoms with van der Waals surface area (Å²) in [5.41, 5.74) is 1.80. The zero-order valence-electron chi connectivity index (χ0n) is 24.8. The number of nitrogens with one attached hydrogen (secondary N) is 1. The molecule has 1 saturated carbocycles. The molecule has 0 saturated heterocycles. The normalized spacial score (nSPS) is 15.4. The summed E-state index contributed by atoms with van der Waals surface area (Å²) >= 11 is 6.55. The molecule has 2 aliphatic rings. The molecule has 1 N–H and O–H groups in total. The molecular formula is C33H38ClN3O6S. The van der Waals surface area contributed by atoms with Crippen LogP contribution in [-0.2, 0) is 32.6 Å². The van der Waals surface area contributed by atoms with E-state index in [0.717, 1.165) is 35.6 Å². The summed E-state index contributed by atoms with van der Waals surface area (Å²) in [6.07, 6.45) is 4.09. The standard InChI is InChI=1S/C33H38ClN3O6S/c1-2-44(40,41)37(27-16-17-30-31(21-27)43-19-18-42-30)23-32(38)36(22-25-12-6-9-15-28(25)34)29(20-24-10-4-3-5-11-24)33(39)35-26-13-7-8-14-26/h3-6,9-12,15-17,21,26,29H,2,7-8,13-14,18-20,22-23H2,1H3,(H,35,39)/t29-/m1/s1. The van der Waals surface area contributed by atoms with Crippen molar-refractivity contribution in [1.82, 2.24) is 10.2 Å². The Hall–Kier alpha value is -3.76. The Morgan fingerprint density at radius 1 is 0.955 bits per heavy atom.